The van der Waals surface area contributed by atoms with Gasteiger partial charge in [0.2, 0.25) is 0 Å². The molecular weight excluding hydrogens is 476 g/mol. The first-order valence-corrected chi connectivity index (χ1v) is 13.0. The van der Waals surface area contributed by atoms with Gasteiger partial charge in [-0.3, -0.25) is 4.79 Å². The second-order valence-corrected chi connectivity index (χ2v) is 10.5. The number of aliphatic hydroxyl groups excluding tert-OH is 1. The third-order valence-corrected chi connectivity index (χ3v) is 7.50. The molecule has 3 fully saturated rings. The van der Waals surface area contributed by atoms with E-state index in [9.17, 15) is 9.90 Å². The van der Waals surface area contributed by atoms with E-state index in [4.69, 9.17) is 4.98 Å². The number of benzene rings is 1. The van der Waals surface area contributed by atoms with Crippen molar-refractivity contribution in [2.45, 2.75) is 76.5 Å². The quantitative estimate of drug-likeness (QED) is 0.354. The van der Waals surface area contributed by atoms with Crippen LogP contribution in [0.15, 0.2) is 30.5 Å². The Kier molecular flexibility index (Phi) is 7.08. The molecule has 192 valence electrons. The van der Waals surface area contributed by atoms with Crippen LogP contribution >= 0.6 is 12.4 Å². The van der Waals surface area contributed by atoms with Crippen molar-refractivity contribution in [1.82, 2.24) is 19.9 Å². The highest BCUT2D eigenvalue weighted by Gasteiger charge is 2.26. The zero-order chi connectivity index (χ0) is 23.9. The predicted molar refractivity (Wildman–Crippen MR) is 144 cm³/mol. The first kappa shape index (κ1) is 24.8. The van der Waals surface area contributed by atoms with Crippen LogP contribution in [0.5, 0.6) is 0 Å². The largest absolute Gasteiger partial charge is 0.391 e. The number of anilines is 2. The van der Waals surface area contributed by atoms with Gasteiger partial charge in [0, 0.05) is 29.8 Å². The number of carbonyl (C=O) groups is 1. The van der Waals surface area contributed by atoms with Crippen molar-refractivity contribution < 1.29 is 9.90 Å². The molecule has 0 radical (unpaired) electrons. The van der Waals surface area contributed by atoms with Crippen LogP contribution in [-0.2, 0) is 0 Å². The van der Waals surface area contributed by atoms with Crippen LogP contribution in [0.2, 0.25) is 0 Å². The Balaban J connectivity index is 0.00000267. The summed E-state index contributed by atoms with van der Waals surface area (Å²) in [5, 5.41) is 25.3. The maximum Gasteiger partial charge on any atom is 0.251 e. The molecule has 2 aromatic heterocycles. The van der Waals surface area contributed by atoms with Crippen molar-refractivity contribution >= 4 is 35.6 Å². The summed E-state index contributed by atoms with van der Waals surface area (Å²) in [6.45, 7) is 2.90. The lowest BCUT2D eigenvalue weighted by Crippen LogP contribution is -2.36. The Morgan fingerprint density at radius 3 is 2.64 bits per heavy atom. The van der Waals surface area contributed by atoms with Gasteiger partial charge in [0.25, 0.3) is 5.91 Å². The maximum absolute atomic E-state index is 12.6. The van der Waals surface area contributed by atoms with E-state index in [1.165, 1.54) is 12.8 Å². The summed E-state index contributed by atoms with van der Waals surface area (Å²) in [6.07, 6.45) is 10.1. The van der Waals surface area contributed by atoms with Crippen LogP contribution < -0.4 is 16.0 Å². The monoisotopic (exact) mass is 510 g/mol. The zero-order valence-electron chi connectivity index (χ0n) is 20.7. The molecule has 1 aromatic carbocycles. The van der Waals surface area contributed by atoms with Gasteiger partial charge < -0.3 is 21.1 Å². The number of rotatable bonds is 8. The number of amides is 1. The molecule has 0 saturated heterocycles. The number of aromatic nitrogens is 3. The molecule has 36 heavy (non-hydrogen) atoms. The van der Waals surface area contributed by atoms with E-state index in [1.54, 1.807) is 0 Å². The normalized spacial score (nSPS) is 21.6. The van der Waals surface area contributed by atoms with Gasteiger partial charge in [0.05, 0.1) is 18.3 Å². The lowest BCUT2D eigenvalue weighted by molar-refractivity contribution is 0.0950. The van der Waals surface area contributed by atoms with Crippen LogP contribution in [0.1, 0.15) is 67.3 Å². The molecule has 2 atom stereocenters. The van der Waals surface area contributed by atoms with Crippen LogP contribution in [-0.4, -0.2) is 50.3 Å². The molecule has 0 spiro atoms. The second-order valence-electron chi connectivity index (χ2n) is 10.5. The predicted octanol–water partition coefficient (Wildman–Crippen LogP) is 4.56. The maximum atomic E-state index is 12.6. The highest BCUT2D eigenvalue weighted by atomic mass is 35.5. The number of halogens is 1. The molecule has 0 aliphatic heterocycles. The highest BCUT2D eigenvalue weighted by Crippen LogP contribution is 2.32. The molecule has 3 saturated carbocycles. The summed E-state index contributed by atoms with van der Waals surface area (Å²) in [4.78, 5) is 17.5. The van der Waals surface area contributed by atoms with Gasteiger partial charge in [-0.05, 0) is 68.6 Å². The Morgan fingerprint density at radius 2 is 1.92 bits per heavy atom. The summed E-state index contributed by atoms with van der Waals surface area (Å²) in [5.74, 6) is 2.37. The van der Waals surface area contributed by atoms with E-state index < -0.39 is 0 Å². The van der Waals surface area contributed by atoms with Crippen molar-refractivity contribution in [1.29, 1.82) is 0 Å². The standard InChI is InChI=1S/C27H34N6O2.ClH/c1-16-12-18(8-11-20(16)27(35)30-19-9-10-19)21-15-29-33-25(28-14-17-6-7-17)13-24(32-26(21)33)31-22-4-2-3-5-23(22)34;/h8,11-13,15,17,19,22-23,28,34H,2-7,9-10,14H2,1H3,(H,30,35)(H,31,32);1H/t22-,23+;/m0./s1. The Hall–Kier alpha value is -2.84. The molecule has 3 aliphatic carbocycles. The summed E-state index contributed by atoms with van der Waals surface area (Å²) in [6, 6.07) is 8.27. The highest BCUT2D eigenvalue weighted by molar-refractivity contribution is 5.97. The average Bonchev–Trinajstić information content (AvgIpc) is 3.78. The zero-order valence-corrected chi connectivity index (χ0v) is 21.5. The first-order chi connectivity index (χ1) is 17.0. The summed E-state index contributed by atoms with van der Waals surface area (Å²) >= 11 is 0. The molecule has 2 heterocycles. The Morgan fingerprint density at radius 1 is 1.11 bits per heavy atom. The minimum Gasteiger partial charge on any atom is -0.391 e. The van der Waals surface area contributed by atoms with Crippen molar-refractivity contribution in [3.05, 3.63) is 41.6 Å². The minimum absolute atomic E-state index is 0. The van der Waals surface area contributed by atoms with E-state index in [0.29, 0.717) is 11.6 Å². The molecule has 0 bridgehead atoms. The lowest BCUT2D eigenvalue weighted by atomic mass is 9.92. The molecule has 1 amide bonds. The molecule has 3 aliphatic rings. The van der Waals surface area contributed by atoms with Crippen LogP contribution in [0.25, 0.3) is 16.8 Å². The van der Waals surface area contributed by atoms with Gasteiger partial charge in [-0.2, -0.15) is 9.61 Å². The van der Waals surface area contributed by atoms with E-state index in [2.05, 4.69) is 21.0 Å². The summed E-state index contributed by atoms with van der Waals surface area (Å²) in [5.41, 5.74) is 4.31. The first-order valence-electron chi connectivity index (χ1n) is 13.0. The molecular formula is C27H35ClN6O2. The van der Waals surface area contributed by atoms with Crippen LogP contribution in [0, 0.1) is 12.8 Å². The van der Waals surface area contributed by atoms with Crippen molar-refractivity contribution in [3.63, 3.8) is 0 Å². The van der Waals surface area contributed by atoms with Gasteiger partial charge in [0.15, 0.2) is 5.65 Å². The molecule has 6 rings (SSSR count). The van der Waals surface area contributed by atoms with E-state index in [1.807, 2.05) is 41.9 Å². The van der Waals surface area contributed by atoms with E-state index in [-0.39, 0.29) is 30.5 Å². The fourth-order valence-electron chi connectivity index (χ4n) is 4.98. The number of aliphatic hydroxyl groups is 1. The SMILES string of the molecule is Cc1cc(-c2cnn3c(NCC4CC4)cc(N[C@H]4CCCC[C@H]4O)nc23)ccc1C(=O)NC1CC1.Cl. The molecule has 8 nitrogen and oxygen atoms in total. The number of hydrogen-bond acceptors (Lipinski definition) is 6. The average molecular weight is 511 g/mol. The third kappa shape index (κ3) is 5.30. The number of fused-ring (bicyclic) bond motifs is 1. The topological polar surface area (TPSA) is 104 Å². The fourth-order valence-corrected chi connectivity index (χ4v) is 4.98. The van der Waals surface area contributed by atoms with Gasteiger partial charge in [-0.15, -0.1) is 12.4 Å². The smallest absolute Gasteiger partial charge is 0.251 e. The van der Waals surface area contributed by atoms with E-state index in [0.717, 1.165) is 85.0 Å². The minimum atomic E-state index is -0.356. The second kappa shape index (κ2) is 10.3. The third-order valence-electron chi connectivity index (χ3n) is 7.50. The van der Waals surface area contributed by atoms with Gasteiger partial charge in [-0.1, -0.05) is 25.0 Å². The number of carbonyl (C=O) groups excluding carboxylic acids is 1. The number of nitrogens with zero attached hydrogens (tertiary/aromatic N) is 3. The van der Waals surface area contributed by atoms with E-state index >= 15 is 0 Å². The van der Waals surface area contributed by atoms with Crippen molar-refractivity contribution in [3.8, 4) is 11.1 Å². The Bertz CT molecular complexity index is 1250. The van der Waals surface area contributed by atoms with Gasteiger partial charge >= 0.3 is 0 Å². The number of nitrogens with one attached hydrogen (secondary N) is 3. The van der Waals surface area contributed by atoms with Gasteiger partial charge in [-0.25, -0.2) is 4.98 Å². The molecule has 9 heteroatoms. The molecule has 0 unspecified atom stereocenters. The van der Waals surface area contributed by atoms with Gasteiger partial charge in [0.1, 0.15) is 11.6 Å². The van der Waals surface area contributed by atoms with Crippen molar-refractivity contribution in [2.24, 2.45) is 5.92 Å². The Labute approximate surface area is 217 Å². The van der Waals surface area contributed by atoms with Crippen LogP contribution in [0.4, 0.5) is 11.6 Å². The lowest BCUT2D eigenvalue weighted by Gasteiger charge is -2.29. The van der Waals surface area contributed by atoms with Crippen molar-refractivity contribution in [2.75, 3.05) is 17.2 Å². The van der Waals surface area contributed by atoms with Crippen LogP contribution in [0.3, 0.4) is 0 Å². The summed E-state index contributed by atoms with van der Waals surface area (Å²) in [7, 11) is 0. The number of hydrogen-bond donors (Lipinski definition) is 4. The fraction of sp³-hybridized carbons (Fsp3) is 0.519. The molecule has 3 aromatic rings. The molecule has 4 N–H and O–H groups in total. The summed E-state index contributed by atoms with van der Waals surface area (Å²) < 4.78 is 1.86. The number of aryl methyl sites for hydroxylation is 1.